The van der Waals surface area contributed by atoms with E-state index >= 15 is 0 Å². The van der Waals surface area contributed by atoms with Crippen molar-refractivity contribution in [2.45, 2.75) is 0 Å². The van der Waals surface area contributed by atoms with E-state index in [-0.39, 0.29) is 0 Å². The number of nitrogen functional groups attached to an aromatic ring is 1. The predicted octanol–water partition coefficient (Wildman–Crippen LogP) is 4.33. The fraction of sp³-hybridized carbons (Fsp3) is 0.143. The molecule has 0 aliphatic heterocycles. The van der Waals surface area contributed by atoms with Gasteiger partial charge in [-0.05, 0) is 63.7 Å². The van der Waals surface area contributed by atoms with E-state index < -0.39 is 0 Å². The van der Waals surface area contributed by atoms with Gasteiger partial charge in [0.05, 0.1) is 26.2 Å². The topological polar surface area (TPSA) is 35.2 Å². The molecule has 0 radical (unpaired) electrons. The van der Waals surface area contributed by atoms with Gasteiger partial charge in [-0.1, -0.05) is 0 Å². The molecule has 0 aliphatic carbocycles. The Labute approximate surface area is 110 Å². The number of benzene rings is 1. The van der Waals surface area contributed by atoms with E-state index in [1.54, 1.807) is 7.11 Å². The van der Waals surface area contributed by atoms with Crippen LogP contribution in [0.2, 0.25) is 0 Å². The minimum Gasteiger partial charge on any atom is -0.493 e. The number of hydrogen-bond donors (Lipinski definition) is 1. The van der Waals surface area contributed by atoms with E-state index in [1.165, 1.54) is 0 Å². The van der Waals surface area contributed by atoms with Gasteiger partial charge >= 0.3 is 0 Å². The van der Waals surface area contributed by atoms with Crippen molar-refractivity contribution >= 4 is 69.4 Å². The number of halogens is 4. The maximum atomic E-state index is 5.81. The summed E-state index contributed by atoms with van der Waals surface area (Å²) in [7, 11) is 1.57. The summed E-state index contributed by atoms with van der Waals surface area (Å²) in [6, 6.07) is 0. The predicted molar refractivity (Wildman–Crippen MR) is 68.2 cm³/mol. The second-order valence-corrected chi connectivity index (χ2v) is 5.37. The summed E-state index contributed by atoms with van der Waals surface area (Å²) in [4.78, 5) is 0. The Morgan fingerprint density at radius 2 is 1.38 bits per heavy atom. The van der Waals surface area contributed by atoms with Crippen molar-refractivity contribution in [1.82, 2.24) is 0 Å². The summed E-state index contributed by atoms with van der Waals surface area (Å²) in [6.45, 7) is 0. The summed E-state index contributed by atoms with van der Waals surface area (Å²) in [5, 5.41) is 0. The Hall–Kier alpha value is 0.740. The maximum Gasteiger partial charge on any atom is 0.158 e. The summed E-state index contributed by atoms with van der Waals surface area (Å²) in [5.41, 5.74) is 6.37. The summed E-state index contributed by atoms with van der Waals surface area (Å²) in [6.07, 6.45) is 0. The first-order valence-electron chi connectivity index (χ1n) is 3.16. The highest BCUT2D eigenvalue weighted by molar-refractivity contribution is 9.15. The van der Waals surface area contributed by atoms with Crippen molar-refractivity contribution in [3.8, 4) is 5.75 Å². The molecule has 13 heavy (non-hydrogen) atoms. The number of anilines is 1. The van der Waals surface area contributed by atoms with Gasteiger partial charge in [-0.15, -0.1) is 0 Å². The second kappa shape index (κ2) is 4.51. The molecular weight excluding hydrogens is 434 g/mol. The largest absolute Gasteiger partial charge is 0.493 e. The van der Waals surface area contributed by atoms with Crippen molar-refractivity contribution in [2.24, 2.45) is 0 Å². The lowest BCUT2D eigenvalue weighted by Crippen LogP contribution is -1.96. The zero-order valence-electron chi connectivity index (χ0n) is 6.50. The molecule has 0 heterocycles. The fourth-order valence-electron chi connectivity index (χ4n) is 0.828. The Balaban J connectivity index is 3.56. The number of rotatable bonds is 1. The smallest absolute Gasteiger partial charge is 0.158 e. The lowest BCUT2D eigenvalue weighted by atomic mass is 10.3. The molecule has 0 atom stereocenters. The van der Waals surface area contributed by atoms with Gasteiger partial charge in [-0.25, -0.2) is 0 Å². The van der Waals surface area contributed by atoms with Crippen LogP contribution < -0.4 is 10.5 Å². The molecular formula is C7H5Br4NO. The molecule has 1 aromatic carbocycles. The van der Waals surface area contributed by atoms with Crippen LogP contribution in [0.15, 0.2) is 17.9 Å². The fourth-order valence-corrected chi connectivity index (χ4v) is 3.10. The van der Waals surface area contributed by atoms with Gasteiger partial charge in [-0.3, -0.25) is 0 Å². The van der Waals surface area contributed by atoms with Crippen LogP contribution in [0.25, 0.3) is 0 Å². The highest BCUT2D eigenvalue weighted by Crippen LogP contribution is 2.47. The normalized spacial score (nSPS) is 10.2. The standard InChI is InChI=1S/C7H5Br4NO/c1-13-7-5(11)3(9)2(8)4(10)6(7)12/h12H2,1H3. The molecule has 0 unspecified atom stereocenters. The first-order valence-corrected chi connectivity index (χ1v) is 6.33. The third-order valence-electron chi connectivity index (χ3n) is 1.46. The second-order valence-electron chi connectivity index (χ2n) is 2.20. The van der Waals surface area contributed by atoms with Crippen LogP contribution in [-0.2, 0) is 0 Å². The molecule has 0 bridgehead atoms. The average Bonchev–Trinajstić information content (AvgIpc) is 2.13. The van der Waals surface area contributed by atoms with Gasteiger partial charge in [0.2, 0.25) is 0 Å². The van der Waals surface area contributed by atoms with Gasteiger partial charge in [-0.2, -0.15) is 0 Å². The Bertz CT molecular complexity index is 324. The van der Waals surface area contributed by atoms with E-state index in [9.17, 15) is 0 Å². The highest BCUT2D eigenvalue weighted by Gasteiger charge is 2.17. The Morgan fingerprint density at radius 3 is 1.85 bits per heavy atom. The zero-order chi connectivity index (χ0) is 10.2. The van der Waals surface area contributed by atoms with Gasteiger partial charge in [0.25, 0.3) is 0 Å². The monoisotopic (exact) mass is 435 g/mol. The van der Waals surface area contributed by atoms with Crippen LogP contribution in [0.4, 0.5) is 5.69 Å². The minimum absolute atomic E-state index is 0.560. The first kappa shape index (κ1) is 11.8. The quantitative estimate of drug-likeness (QED) is 0.402. The molecule has 0 spiro atoms. The third kappa shape index (κ3) is 2.06. The van der Waals surface area contributed by atoms with E-state index in [1.807, 2.05) is 0 Å². The van der Waals surface area contributed by atoms with E-state index in [0.717, 1.165) is 17.9 Å². The van der Waals surface area contributed by atoms with Gasteiger partial charge in [0.15, 0.2) is 5.75 Å². The van der Waals surface area contributed by atoms with Crippen LogP contribution in [-0.4, -0.2) is 7.11 Å². The number of hydrogen-bond acceptors (Lipinski definition) is 2. The van der Waals surface area contributed by atoms with Crippen molar-refractivity contribution < 1.29 is 4.74 Å². The Kier molecular flexibility index (Phi) is 4.09. The summed E-state index contributed by atoms with van der Waals surface area (Å²) < 4.78 is 8.44. The molecule has 1 rings (SSSR count). The van der Waals surface area contributed by atoms with Crippen molar-refractivity contribution in [1.29, 1.82) is 0 Å². The van der Waals surface area contributed by atoms with Crippen molar-refractivity contribution in [2.75, 3.05) is 12.8 Å². The summed E-state index contributed by atoms with van der Waals surface area (Å²) >= 11 is 13.5. The van der Waals surface area contributed by atoms with Gasteiger partial charge in [0.1, 0.15) is 0 Å². The minimum atomic E-state index is 0.560. The summed E-state index contributed by atoms with van der Waals surface area (Å²) in [5.74, 6) is 0.613. The third-order valence-corrected chi connectivity index (χ3v) is 6.23. The molecule has 72 valence electrons. The lowest BCUT2D eigenvalue weighted by Gasteiger charge is -2.12. The molecule has 0 aliphatic rings. The molecule has 6 heteroatoms. The first-order chi connectivity index (χ1) is 6.00. The Morgan fingerprint density at radius 1 is 0.923 bits per heavy atom. The zero-order valence-corrected chi connectivity index (χ0v) is 12.8. The van der Waals surface area contributed by atoms with E-state index in [4.69, 9.17) is 10.5 Å². The molecule has 0 saturated carbocycles. The van der Waals surface area contributed by atoms with E-state index in [2.05, 4.69) is 63.7 Å². The van der Waals surface area contributed by atoms with Gasteiger partial charge < -0.3 is 10.5 Å². The maximum absolute atomic E-state index is 5.81. The van der Waals surface area contributed by atoms with Crippen LogP contribution in [0.1, 0.15) is 0 Å². The molecule has 0 saturated heterocycles. The molecule has 0 amide bonds. The average molecular weight is 439 g/mol. The lowest BCUT2D eigenvalue weighted by molar-refractivity contribution is 0.413. The van der Waals surface area contributed by atoms with Gasteiger partial charge in [0, 0.05) is 4.47 Å². The van der Waals surface area contributed by atoms with E-state index in [0.29, 0.717) is 11.4 Å². The molecule has 2 nitrogen and oxygen atoms in total. The molecule has 1 aromatic rings. The highest BCUT2D eigenvalue weighted by atomic mass is 79.9. The SMILES string of the molecule is COc1c(N)c(Br)c(Br)c(Br)c1Br. The number of methoxy groups -OCH3 is 1. The molecule has 2 N–H and O–H groups in total. The molecule has 0 fully saturated rings. The van der Waals surface area contributed by atoms with Crippen molar-refractivity contribution in [3.63, 3.8) is 0 Å². The number of ether oxygens (including phenoxy) is 1. The van der Waals surface area contributed by atoms with Crippen LogP contribution >= 0.6 is 63.7 Å². The number of nitrogens with two attached hydrogens (primary N) is 1. The van der Waals surface area contributed by atoms with Crippen LogP contribution in [0.5, 0.6) is 5.75 Å². The molecule has 0 aromatic heterocycles. The van der Waals surface area contributed by atoms with Crippen LogP contribution in [0, 0.1) is 0 Å². The van der Waals surface area contributed by atoms with Crippen LogP contribution in [0.3, 0.4) is 0 Å². The van der Waals surface area contributed by atoms with Crippen molar-refractivity contribution in [3.05, 3.63) is 17.9 Å².